The molecule has 7 heteroatoms. The van der Waals surface area contributed by atoms with E-state index in [9.17, 15) is 4.79 Å². The molecule has 22 heavy (non-hydrogen) atoms. The highest BCUT2D eigenvalue weighted by Crippen LogP contribution is 2.34. The first kappa shape index (κ1) is 16.0. The number of amides is 1. The summed E-state index contributed by atoms with van der Waals surface area (Å²) in [4.78, 5) is 16.6. The minimum Gasteiger partial charge on any atom is -0.490 e. The van der Waals surface area contributed by atoms with Gasteiger partial charge in [0.1, 0.15) is 0 Å². The molecule has 118 valence electrons. The van der Waals surface area contributed by atoms with E-state index in [0.29, 0.717) is 44.2 Å². The second-order valence-corrected chi connectivity index (χ2v) is 4.98. The predicted molar refractivity (Wildman–Crippen MR) is 83.3 cm³/mol. The van der Waals surface area contributed by atoms with Gasteiger partial charge in [0.15, 0.2) is 11.5 Å². The topological polar surface area (TPSA) is 87.5 Å². The zero-order chi connectivity index (χ0) is 15.9. The van der Waals surface area contributed by atoms with Crippen molar-refractivity contribution in [3.63, 3.8) is 0 Å². The van der Waals surface area contributed by atoms with E-state index in [4.69, 9.17) is 15.0 Å². The minimum atomic E-state index is 0.0322. The van der Waals surface area contributed by atoms with Gasteiger partial charge in [-0.15, -0.1) is 0 Å². The molecular formula is C15H20N4O3. The Kier molecular flexibility index (Phi) is 5.49. The number of azide groups is 1. The molecule has 1 aromatic carbocycles. The molecule has 1 saturated heterocycles. The maximum absolute atomic E-state index is 12.1. The van der Waals surface area contributed by atoms with Gasteiger partial charge in [-0.3, -0.25) is 4.79 Å². The first-order valence-electron chi connectivity index (χ1n) is 7.40. The van der Waals surface area contributed by atoms with Crippen molar-refractivity contribution >= 4 is 11.6 Å². The summed E-state index contributed by atoms with van der Waals surface area (Å²) >= 11 is 0. The van der Waals surface area contributed by atoms with Crippen LogP contribution < -0.4 is 14.4 Å². The molecule has 1 unspecified atom stereocenters. The number of hydrogen-bond donors (Lipinski definition) is 0. The molecule has 2 rings (SSSR count). The Morgan fingerprint density at radius 1 is 1.32 bits per heavy atom. The summed E-state index contributed by atoms with van der Waals surface area (Å²) in [5, 5.41) is 3.56. The molecule has 1 amide bonds. The Balaban J connectivity index is 2.19. The standard InChI is InChI=1S/C15H20N4O3/c1-3-21-13-6-5-12(8-14(13)22-4-2)19-10-11(7-15(19)20)9-17-18-16/h5-6,8,11H,3-4,7,9-10H2,1-2H3. The SMILES string of the molecule is CCOc1ccc(N2CC(CN=[N+]=[N-])CC2=O)cc1OCC. The van der Waals surface area contributed by atoms with Crippen molar-refractivity contribution in [2.45, 2.75) is 20.3 Å². The number of carbonyl (C=O) groups excluding carboxylic acids is 1. The summed E-state index contributed by atoms with van der Waals surface area (Å²) < 4.78 is 11.1. The number of carbonyl (C=O) groups is 1. The Bertz CT molecular complexity index is 584. The van der Waals surface area contributed by atoms with Crippen LogP contribution in [0.1, 0.15) is 20.3 Å². The third-order valence-corrected chi connectivity index (χ3v) is 3.45. The van der Waals surface area contributed by atoms with Crippen LogP contribution in [-0.2, 0) is 4.79 Å². The molecule has 0 radical (unpaired) electrons. The minimum absolute atomic E-state index is 0.0322. The third-order valence-electron chi connectivity index (χ3n) is 3.45. The van der Waals surface area contributed by atoms with E-state index in [1.807, 2.05) is 32.0 Å². The van der Waals surface area contributed by atoms with Crippen molar-refractivity contribution in [1.82, 2.24) is 0 Å². The van der Waals surface area contributed by atoms with Crippen LogP contribution in [0, 0.1) is 5.92 Å². The Morgan fingerprint density at radius 3 is 2.73 bits per heavy atom. The third kappa shape index (κ3) is 3.62. The first-order valence-corrected chi connectivity index (χ1v) is 7.40. The van der Waals surface area contributed by atoms with Crippen molar-refractivity contribution in [3.8, 4) is 11.5 Å². The van der Waals surface area contributed by atoms with Crippen molar-refractivity contribution in [3.05, 3.63) is 28.6 Å². The van der Waals surface area contributed by atoms with Crippen molar-refractivity contribution in [1.29, 1.82) is 0 Å². The molecule has 0 N–H and O–H groups in total. The van der Waals surface area contributed by atoms with Gasteiger partial charge in [0.2, 0.25) is 5.91 Å². The molecule has 0 aliphatic carbocycles. The predicted octanol–water partition coefficient (Wildman–Crippen LogP) is 3.15. The lowest BCUT2D eigenvalue weighted by Gasteiger charge is -2.19. The second kappa shape index (κ2) is 7.56. The number of ether oxygens (including phenoxy) is 2. The van der Waals surface area contributed by atoms with Gasteiger partial charge in [0, 0.05) is 36.2 Å². The highest BCUT2D eigenvalue weighted by molar-refractivity contribution is 5.96. The summed E-state index contributed by atoms with van der Waals surface area (Å²) in [6.07, 6.45) is 0.399. The molecule has 1 aromatic rings. The van der Waals surface area contributed by atoms with E-state index in [1.54, 1.807) is 4.90 Å². The first-order chi connectivity index (χ1) is 10.7. The average Bonchev–Trinajstić information content (AvgIpc) is 2.88. The highest BCUT2D eigenvalue weighted by Gasteiger charge is 2.30. The fourth-order valence-electron chi connectivity index (χ4n) is 2.51. The Morgan fingerprint density at radius 2 is 2.05 bits per heavy atom. The molecule has 1 aliphatic heterocycles. The van der Waals surface area contributed by atoms with Gasteiger partial charge in [0.05, 0.1) is 13.2 Å². The van der Waals surface area contributed by atoms with E-state index in [2.05, 4.69) is 10.0 Å². The quantitative estimate of drug-likeness (QED) is 0.440. The zero-order valence-electron chi connectivity index (χ0n) is 12.9. The lowest BCUT2D eigenvalue weighted by atomic mass is 10.1. The van der Waals surface area contributed by atoms with Crippen LogP contribution >= 0.6 is 0 Å². The normalized spacial score (nSPS) is 17.3. The summed E-state index contributed by atoms with van der Waals surface area (Å²) in [5.41, 5.74) is 9.16. The van der Waals surface area contributed by atoms with Crippen molar-refractivity contribution in [2.75, 3.05) is 31.2 Å². The van der Waals surface area contributed by atoms with Crippen LogP contribution in [0.5, 0.6) is 11.5 Å². The van der Waals surface area contributed by atoms with E-state index in [0.717, 1.165) is 5.69 Å². The summed E-state index contributed by atoms with van der Waals surface area (Å²) in [5.74, 6) is 1.40. The summed E-state index contributed by atoms with van der Waals surface area (Å²) in [7, 11) is 0. The maximum atomic E-state index is 12.1. The molecule has 1 heterocycles. The molecule has 0 aromatic heterocycles. The molecule has 0 spiro atoms. The van der Waals surface area contributed by atoms with Crippen LogP contribution in [0.3, 0.4) is 0 Å². The molecule has 0 saturated carbocycles. The van der Waals surface area contributed by atoms with Crippen LogP contribution in [0.15, 0.2) is 23.3 Å². The largest absolute Gasteiger partial charge is 0.490 e. The second-order valence-electron chi connectivity index (χ2n) is 4.98. The van der Waals surface area contributed by atoms with Crippen LogP contribution in [0.2, 0.25) is 0 Å². The van der Waals surface area contributed by atoms with Gasteiger partial charge in [-0.2, -0.15) is 0 Å². The fourth-order valence-corrected chi connectivity index (χ4v) is 2.51. The van der Waals surface area contributed by atoms with Gasteiger partial charge >= 0.3 is 0 Å². The van der Waals surface area contributed by atoms with Crippen molar-refractivity contribution < 1.29 is 14.3 Å². The van der Waals surface area contributed by atoms with E-state index < -0.39 is 0 Å². The number of anilines is 1. The van der Waals surface area contributed by atoms with Gasteiger partial charge in [-0.25, -0.2) is 0 Å². The molecule has 7 nitrogen and oxygen atoms in total. The smallest absolute Gasteiger partial charge is 0.227 e. The van der Waals surface area contributed by atoms with Crippen LogP contribution in [0.25, 0.3) is 10.4 Å². The fraction of sp³-hybridized carbons (Fsp3) is 0.533. The molecule has 1 aliphatic rings. The van der Waals surface area contributed by atoms with Crippen LogP contribution in [-0.4, -0.2) is 32.2 Å². The number of hydrogen-bond acceptors (Lipinski definition) is 4. The Hall–Kier alpha value is -2.40. The monoisotopic (exact) mass is 304 g/mol. The van der Waals surface area contributed by atoms with Gasteiger partial charge in [-0.05, 0) is 37.4 Å². The molecule has 1 atom stereocenters. The van der Waals surface area contributed by atoms with Gasteiger partial charge < -0.3 is 14.4 Å². The maximum Gasteiger partial charge on any atom is 0.227 e. The molecule has 1 fully saturated rings. The Labute approximate surface area is 129 Å². The van der Waals surface area contributed by atoms with E-state index in [-0.39, 0.29) is 11.8 Å². The van der Waals surface area contributed by atoms with E-state index in [1.165, 1.54) is 0 Å². The summed E-state index contributed by atoms with van der Waals surface area (Å²) in [6, 6.07) is 5.49. The highest BCUT2D eigenvalue weighted by atomic mass is 16.5. The molecular weight excluding hydrogens is 284 g/mol. The lowest BCUT2D eigenvalue weighted by Crippen LogP contribution is -2.24. The number of rotatable bonds is 7. The summed E-state index contributed by atoms with van der Waals surface area (Å²) in [6.45, 7) is 5.78. The number of benzene rings is 1. The van der Waals surface area contributed by atoms with Crippen molar-refractivity contribution in [2.24, 2.45) is 11.0 Å². The van der Waals surface area contributed by atoms with Crippen LogP contribution in [0.4, 0.5) is 5.69 Å². The van der Waals surface area contributed by atoms with Gasteiger partial charge in [-0.1, -0.05) is 5.11 Å². The number of nitrogens with zero attached hydrogens (tertiary/aromatic N) is 4. The van der Waals surface area contributed by atoms with E-state index >= 15 is 0 Å². The zero-order valence-corrected chi connectivity index (χ0v) is 12.9. The lowest BCUT2D eigenvalue weighted by molar-refractivity contribution is -0.117. The molecule has 0 bridgehead atoms. The average molecular weight is 304 g/mol. The van der Waals surface area contributed by atoms with Gasteiger partial charge in [0.25, 0.3) is 0 Å².